The van der Waals surface area contributed by atoms with E-state index < -0.39 is 0 Å². The van der Waals surface area contributed by atoms with E-state index in [1.165, 1.54) is 0 Å². The van der Waals surface area contributed by atoms with E-state index in [1.54, 1.807) is 0 Å². The lowest BCUT2D eigenvalue weighted by Crippen LogP contribution is -2.22. The average Bonchev–Trinajstić information content (AvgIpc) is 2.43. The highest BCUT2D eigenvalue weighted by Gasteiger charge is 2.18. The molecule has 58 valence electrons. The largest absolute Gasteiger partial charge is 0.395 e. The van der Waals surface area contributed by atoms with Crippen LogP contribution in [-0.4, -0.2) is 32.9 Å². The Balaban J connectivity index is 2.44. The fraction of sp³-hybridized carbons (Fsp3) is 0.571. The Kier molecular flexibility index (Phi) is 3.51. The Bertz CT molecular complexity index is 145. The minimum atomic E-state index is -0.148. The standard InChI is InChI=1S/C7H11IO2/c1-8-6(5-9)7-3-2-4-10-7/h2-3,6-7,9H,1,4-5H2/t6-,7-/m0/s1. The first-order chi connectivity index (χ1) is 4.88. The van der Waals surface area contributed by atoms with E-state index in [2.05, 4.69) is 4.51 Å². The lowest BCUT2D eigenvalue weighted by molar-refractivity contribution is 0.112. The third kappa shape index (κ3) is 1.87. The molecule has 2 nitrogen and oxygen atoms in total. The molecule has 0 unspecified atom stereocenters. The molecule has 10 heavy (non-hydrogen) atoms. The van der Waals surface area contributed by atoms with Gasteiger partial charge in [-0.2, -0.15) is 0 Å². The number of hydrogen-bond donors (Lipinski definition) is 1. The van der Waals surface area contributed by atoms with Crippen LogP contribution in [0.2, 0.25) is 0 Å². The van der Waals surface area contributed by atoms with Gasteiger partial charge in [0, 0.05) is 0 Å². The van der Waals surface area contributed by atoms with E-state index >= 15 is 0 Å². The molecule has 1 aliphatic heterocycles. The van der Waals surface area contributed by atoms with Gasteiger partial charge in [-0.15, -0.1) is 20.7 Å². The number of aliphatic hydroxyl groups is 1. The molecule has 0 aromatic heterocycles. The Morgan fingerprint density at radius 1 is 1.90 bits per heavy atom. The molecule has 3 heteroatoms. The number of ether oxygens (including phenoxy) is 1. The first kappa shape index (κ1) is 8.36. The van der Waals surface area contributed by atoms with Crippen molar-refractivity contribution in [2.45, 2.75) is 10.0 Å². The molecule has 0 spiro atoms. The normalized spacial score (nSPS) is 27.1. The van der Waals surface area contributed by atoms with Gasteiger partial charge in [-0.1, -0.05) is 16.7 Å². The van der Waals surface area contributed by atoms with E-state index in [4.69, 9.17) is 9.84 Å². The van der Waals surface area contributed by atoms with Crippen molar-refractivity contribution in [1.29, 1.82) is 0 Å². The quantitative estimate of drug-likeness (QED) is 0.456. The highest BCUT2D eigenvalue weighted by Crippen LogP contribution is 2.18. The number of aliphatic hydroxyl groups excluding tert-OH is 1. The van der Waals surface area contributed by atoms with Crippen LogP contribution in [0.25, 0.3) is 0 Å². The summed E-state index contributed by atoms with van der Waals surface area (Å²) in [6.45, 7) is 0.913. The number of hydrogen-bond acceptors (Lipinski definition) is 2. The molecule has 1 aliphatic rings. The molecule has 0 bridgehead atoms. The second kappa shape index (κ2) is 4.20. The Morgan fingerprint density at radius 3 is 3.10 bits per heavy atom. The van der Waals surface area contributed by atoms with E-state index in [0.29, 0.717) is 6.61 Å². The number of halogens is 1. The summed E-state index contributed by atoms with van der Waals surface area (Å²) in [7, 11) is 0. The zero-order valence-electron chi connectivity index (χ0n) is 5.66. The van der Waals surface area contributed by atoms with Crippen molar-refractivity contribution in [3.05, 3.63) is 12.2 Å². The van der Waals surface area contributed by atoms with Crippen LogP contribution < -0.4 is 0 Å². The first-order valence-corrected chi connectivity index (χ1v) is 5.91. The molecule has 2 atom stereocenters. The van der Waals surface area contributed by atoms with Crippen molar-refractivity contribution in [3.8, 4) is 0 Å². The molecule has 1 heterocycles. The molecule has 0 fully saturated rings. The summed E-state index contributed by atoms with van der Waals surface area (Å²) in [6.07, 6.45) is 4.16. The number of rotatable bonds is 3. The van der Waals surface area contributed by atoms with E-state index in [0.717, 1.165) is 0 Å². The fourth-order valence-electron chi connectivity index (χ4n) is 0.877. The van der Waals surface area contributed by atoms with Crippen molar-refractivity contribution >= 4 is 25.2 Å². The summed E-state index contributed by atoms with van der Waals surface area (Å²) < 4.78 is 9.44. The minimum absolute atomic E-state index is 0.148. The van der Waals surface area contributed by atoms with Crippen LogP contribution in [0.3, 0.4) is 0 Å². The van der Waals surface area contributed by atoms with Crippen LogP contribution in [-0.2, 0) is 4.74 Å². The fourth-order valence-corrected chi connectivity index (χ4v) is 2.10. The molecule has 0 saturated carbocycles. The Morgan fingerprint density at radius 2 is 2.70 bits per heavy atom. The second-order valence-electron chi connectivity index (χ2n) is 2.08. The summed E-state index contributed by atoms with van der Waals surface area (Å²) >= 11 is -0.148. The molecule has 0 aromatic carbocycles. The summed E-state index contributed by atoms with van der Waals surface area (Å²) in [5.74, 6) is 0. The minimum Gasteiger partial charge on any atom is -0.395 e. The van der Waals surface area contributed by atoms with Crippen LogP contribution in [0.15, 0.2) is 12.2 Å². The molecule has 0 aliphatic carbocycles. The summed E-state index contributed by atoms with van der Waals surface area (Å²) in [4.78, 5) is 0. The highest BCUT2D eigenvalue weighted by atomic mass is 127. The Hall–Kier alpha value is 0.260. The van der Waals surface area contributed by atoms with E-state index in [-0.39, 0.29) is 37.4 Å². The van der Waals surface area contributed by atoms with Crippen molar-refractivity contribution in [2.75, 3.05) is 13.2 Å². The summed E-state index contributed by atoms with van der Waals surface area (Å²) in [6, 6.07) is 0. The maximum absolute atomic E-state index is 8.86. The van der Waals surface area contributed by atoms with Crippen LogP contribution >= 0.6 is 20.7 Å². The van der Waals surface area contributed by atoms with Crippen molar-refractivity contribution in [2.24, 2.45) is 0 Å². The van der Waals surface area contributed by atoms with Gasteiger partial charge in [0.1, 0.15) is 0 Å². The molecule has 1 N–H and O–H groups in total. The predicted octanol–water partition coefficient (Wildman–Crippen LogP) is 0.705. The van der Waals surface area contributed by atoms with E-state index in [1.807, 2.05) is 12.2 Å². The third-order valence-corrected chi connectivity index (χ3v) is 3.67. The van der Waals surface area contributed by atoms with Crippen molar-refractivity contribution < 1.29 is 9.84 Å². The van der Waals surface area contributed by atoms with E-state index in [9.17, 15) is 0 Å². The van der Waals surface area contributed by atoms with Gasteiger partial charge >= 0.3 is 0 Å². The maximum atomic E-state index is 8.86. The van der Waals surface area contributed by atoms with Gasteiger partial charge in [0.25, 0.3) is 0 Å². The van der Waals surface area contributed by atoms with Crippen LogP contribution in [0.5, 0.6) is 0 Å². The Labute approximate surface area is 70.6 Å². The third-order valence-electron chi connectivity index (χ3n) is 1.44. The molecule has 1 rings (SSSR count). The summed E-state index contributed by atoms with van der Waals surface area (Å²) in [5, 5.41) is 8.86. The zero-order valence-corrected chi connectivity index (χ0v) is 7.82. The van der Waals surface area contributed by atoms with Gasteiger partial charge in [-0.05, 0) is 0 Å². The lowest BCUT2D eigenvalue weighted by atomic mass is 10.3. The SMILES string of the molecule is C=I[C@@H](CO)[C@@H]1C=CCO1. The lowest BCUT2D eigenvalue weighted by Gasteiger charge is -2.14. The van der Waals surface area contributed by atoms with Gasteiger partial charge in [0.2, 0.25) is 0 Å². The van der Waals surface area contributed by atoms with Crippen molar-refractivity contribution in [1.82, 2.24) is 0 Å². The van der Waals surface area contributed by atoms with Crippen LogP contribution in [0.1, 0.15) is 0 Å². The molecule has 0 radical (unpaired) electrons. The highest BCUT2D eigenvalue weighted by molar-refractivity contribution is 14.2. The van der Waals surface area contributed by atoms with Gasteiger partial charge in [-0.3, -0.25) is 0 Å². The maximum Gasteiger partial charge on any atom is 0.0896 e. The first-order valence-electron chi connectivity index (χ1n) is 3.14. The molecule has 0 amide bonds. The van der Waals surface area contributed by atoms with Gasteiger partial charge < -0.3 is 9.84 Å². The second-order valence-corrected chi connectivity index (χ2v) is 4.56. The topological polar surface area (TPSA) is 29.5 Å². The molecule has 0 saturated heterocycles. The van der Waals surface area contributed by atoms with Gasteiger partial charge in [-0.25, -0.2) is 0 Å². The zero-order chi connectivity index (χ0) is 7.40. The smallest absolute Gasteiger partial charge is 0.0896 e. The van der Waals surface area contributed by atoms with Crippen LogP contribution in [0, 0.1) is 0 Å². The monoisotopic (exact) mass is 254 g/mol. The number of alkyl halides is 1. The van der Waals surface area contributed by atoms with Gasteiger partial charge in [0.15, 0.2) is 0 Å². The van der Waals surface area contributed by atoms with Crippen molar-refractivity contribution in [3.63, 3.8) is 0 Å². The summed E-state index contributed by atoms with van der Waals surface area (Å²) in [5.41, 5.74) is 0. The van der Waals surface area contributed by atoms with Gasteiger partial charge in [0.05, 0.1) is 23.2 Å². The van der Waals surface area contributed by atoms with Crippen LogP contribution in [0.4, 0.5) is 0 Å². The average molecular weight is 254 g/mol. The molecular weight excluding hydrogens is 243 g/mol. The molecule has 0 aromatic rings. The predicted molar refractivity (Wildman–Crippen MR) is 50.9 cm³/mol. The molecular formula is C7H11IO2.